The Labute approximate surface area is 72.3 Å². The molecule has 0 fully saturated rings. The van der Waals surface area contributed by atoms with Crippen LogP contribution in [-0.2, 0) is 7.05 Å². The number of nitrogens with zero attached hydrogens (tertiary/aromatic N) is 2. The summed E-state index contributed by atoms with van der Waals surface area (Å²) in [6, 6.07) is 0.584. The van der Waals surface area contributed by atoms with Crippen LogP contribution >= 0.6 is 0 Å². The number of aromatic nitrogens is 2. The van der Waals surface area contributed by atoms with Gasteiger partial charge in [0.2, 0.25) is 0 Å². The molecular formula is C8H15N3O. The van der Waals surface area contributed by atoms with Gasteiger partial charge >= 0.3 is 0 Å². The quantitative estimate of drug-likeness (QED) is 0.735. The molecule has 68 valence electrons. The fraction of sp³-hybridized carbons (Fsp3) is 0.625. The lowest BCUT2D eigenvalue weighted by Gasteiger charge is -2.07. The van der Waals surface area contributed by atoms with Gasteiger partial charge in [-0.25, -0.2) is 4.98 Å². The highest BCUT2D eigenvalue weighted by molar-refractivity contribution is 5.29. The Morgan fingerprint density at radius 3 is 2.75 bits per heavy atom. The van der Waals surface area contributed by atoms with Crippen LogP contribution in [0.1, 0.15) is 13.8 Å². The predicted molar refractivity (Wildman–Crippen MR) is 48.0 cm³/mol. The van der Waals surface area contributed by atoms with E-state index in [2.05, 4.69) is 18.8 Å². The Morgan fingerprint density at radius 1 is 1.67 bits per heavy atom. The highest BCUT2D eigenvalue weighted by Gasteiger charge is 2.04. The van der Waals surface area contributed by atoms with Gasteiger partial charge in [-0.1, -0.05) is 13.8 Å². The first kappa shape index (κ1) is 8.90. The Hall–Kier alpha value is -1.19. The van der Waals surface area contributed by atoms with E-state index in [1.54, 1.807) is 10.8 Å². The second-order valence-corrected chi connectivity index (χ2v) is 3.23. The second kappa shape index (κ2) is 3.47. The minimum Gasteiger partial charge on any atom is -0.464 e. The normalized spacial score (nSPS) is 10.7. The summed E-state index contributed by atoms with van der Waals surface area (Å²) < 4.78 is 7.12. The minimum absolute atomic E-state index is 0.503. The highest BCUT2D eigenvalue weighted by Crippen LogP contribution is 2.12. The zero-order valence-electron chi connectivity index (χ0n) is 7.74. The highest BCUT2D eigenvalue weighted by atomic mass is 16.5. The van der Waals surface area contributed by atoms with Crippen LogP contribution in [0.4, 0.5) is 5.82 Å². The van der Waals surface area contributed by atoms with Gasteiger partial charge in [0.15, 0.2) is 0 Å². The van der Waals surface area contributed by atoms with Crippen molar-refractivity contribution >= 4 is 5.82 Å². The van der Waals surface area contributed by atoms with Gasteiger partial charge < -0.3 is 10.5 Å². The van der Waals surface area contributed by atoms with Gasteiger partial charge in [-0.05, 0) is 5.92 Å². The first-order chi connectivity index (χ1) is 5.61. The van der Waals surface area contributed by atoms with Crippen molar-refractivity contribution in [1.82, 2.24) is 9.55 Å². The third-order valence-corrected chi connectivity index (χ3v) is 1.53. The van der Waals surface area contributed by atoms with Crippen LogP contribution in [0, 0.1) is 5.92 Å². The average molecular weight is 169 g/mol. The molecule has 0 aliphatic heterocycles. The third kappa shape index (κ3) is 1.90. The topological polar surface area (TPSA) is 53.1 Å². The molecule has 0 unspecified atom stereocenters. The second-order valence-electron chi connectivity index (χ2n) is 3.23. The Balaban J connectivity index is 2.58. The number of hydrogen-bond donors (Lipinski definition) is 1. The molecule has 0 atom stereocenters. The molecule has 0 aliphatic rings. The Morgan fingerprint density at radius 2 is 2.33 bits per heavy atom. The van der Waals surface area contributed by atoms with Crippen molar-refractivity contribution in [3.63, 3.8) is 0 Å². The van der Waals surface area contributed by atoms with E-state index in [4.69, 9.17) is 10.5 Å². The first-order valence-electron chi connectivity index (χ1n) is 4.01. The van der Waals surface area contributed by atoms with Crippen molar-refractivity contribution in [2.45, 2.75) is 13.8 Å². The van der Waals surface area contributed by atoms with Crippen LogP contribution in [0.2, 0.25) is 0 Å². The fourth-order valence-electron chi connectivity index (χ4n) is 0.780. The lowest BCUT2D eigenvalue weighted by molar-refractivity contribution is 0.244. The molecule has 1 heterocycles. The number of imidazole rings is 1. The van der Waals surface area contributed by atoms with Crippen LogP contribution in [-0.4, -0.2) is 16.2 Å². The molecule has 0 spiro atoms. The molecule has 0 aliphatic carbocycles. The molecule has 12 heavy (non-hydrogen) atoms. The molecule has 0 bridgehead atoms. The number of ether oxygens (including phenoxy) is 1. The molecule has 1 aromatic heterocycles. The summed E-state index contributed by atoms with van der Waals surface area (Å²) in [4.78, 5) is 4.00. The van der Waals surface area contributed by atoms with Crippen LogP contribution in [0.15, 0.2) is 6.20 Å². The zero-order chi connectivity index (χ0) is 9.14. The fourth-order valence-corrected chi connectivity index (χ4v) is 0.780. The number of nitrogens with two attached hydrogens (primary N) is 1. The van der Waals surface area contributed by atoms with Gasteiger partial charge in [-0.15, -0.1) is 0 Å². The van der Waals surface area contributed by atoms with Crippen LogP contribution in [0.5, 0.6) is 6.01 Å². The SMILES string of the molecule is CC(C)COc1ncc(N)n1C. The molecule has 0 radical (unpaired) electrons. The summed E-state index contributed by atoms with van der Waals surface area (Å²) in [6.45, 7) is 4.85. The van der Waals surface area contributed by atoms with Crippen LogP contribution in [0.25, 0.3) is 0 Å². The molecule has 4 heteroatoms. The molecule has 0 saturated carbocycles. The Kier molecular flexibility index (Phi) is 2.58. The summed E-state index contributed by atoms with van der Waals surface area (Å²) in [7, 11) is 1.83. The van der Waals surface area contributed by atoms with E-state index in [-0.39, 0.29) is 0 Å². The number of anilines is 1. The van der Waals surface area contributed by atoms with E-state index in [0.29, 0.717) is 24.4 Å². The predicted octanol–water partition coefficient (Wildman–Crippen LogP) is 1.04. The van der Waals surface area contributed by atoms with Crippen molar-refractivity contribution in [3.8, 4) is 6.01 Å². The maximum absolute atomic E-state index is 5.57. The standard InChI is InChI=1S/C8H15N3O/c1-6(2)5-12-8-10-4-7(9)11(8)3/h4,6H,5,9H2,1-3H3. The number of hydrogen-bond acceptors (Lipinski definition) is 3. The lowest BCUT2D eigenvalue weighted by atomic mass is 10.2. The van der Waals surface area contributed by atoms with E-state index in [0.717, 1.165) is 0 Å². The smallest absolute Gasteiger partial charge is 0.297 e. The number of nitrogen functional groups attached to an aromatic ring is 1. The largest absolute Gasteiger partial charge is 0.464 e. The first-order valence-corrected chi connectivity index (χ1v) is 4.01. The number of rotatable bonds is 3. The molecule has 0 amide bonds. The van der Waals surface area contributed by atoms with E-state index in [1.165, 1.54) is 0 Å². The molecule has 0 aromatic carbocycles. The summed E-state index contributed by atoms with van der Waals surface area (Å²) in [6.07, 6.45) is 1.59. The summed E-state index contributed by atoms with van der Waals surface area (Å²) in [5, 5.41) is 0. The van der Waals surface area contributed by atoms with Crippen molar-refractivity contribution in [2.24, 2.45) is 13.0 Å². The van der Waals surface area contributed by atoms with Gasteiger partial charge in [0.25, 0.3) is 6.01 Å². The summed E-state index contributed by atoms with van der Waals surface area (Å²) in [5.74, 6) is 1.12. The van der Waals surface area contributed by atoms with Crippen molar-refractivity contribution in [3.05, 3.63) is 6.20 Å². The lowest BCUT2D eigenvalue weighted by Crippen LogP contribution is -2.08. The monoisotopic (exact) mass is 169 g/mol. The van der Waals surface area contributed by atoms with Gasteiger partial charge in [0, 0.05) is 7.05 Å². The molecular weight excluding hydrogens is 154 g/mol. The van der Waals surface area contributed by atoms with E-state index in [9.17, 15) is 0 Å². The van der Waals surface area contributed by atoms with Gasteiger partial charge in [0.1, 0.15) is 5.82 Å². The maximum atomic E-state index is 5.57. The van der Waals surface area contributed by atoms with Crippen LogP contribution in [0.3, 0.4) is 0 Å². The van der Waals surface area contributed by atoms with E-state index >= 15 is 0 Å². The van der Waals surface area contributed by atoms with E-state index in [1.807, 2.05) is 7.05 Å². The molecule has 2 N–H and O–H groups in total. The van der Waals surface area contributed by atoms with E-state index < -0.39 is 0 Å². The molecule has 0 saturated heterocycles. The summed E-state index contributed by atoms with van der Waals surface area (Å²) >= 11 is 0. The van der Waals surface area contributed by atoms with Crippen molar-refractivity contribution in [1.29, 1.82) is 0 Å². The maximum Gasteiger partial charge on any atom is 0.297 e. The van der Waals surface area contributed by atoms with Gasteiger partial charge in [0.05, 0.1) is 12.8 Å². The third-order valence-electron chi connectivity index (χ3n) is 1.53. The Bertz CT molecular complexity index is 255. The van der Waals surface area contributed by atoms with Gasteiger partial charge in [-0.2, -0.15) is 0 Å². The van der Waals surface area contributed by atoms with Crippen LogP contribution < -0.4 is 10.5 Å². The molecule has 4 nitrogen and oxygen atoms in total. The molecule has 1 rings (SSSR count). The minimum atomic E-state index is 0.503. The van der Waals surface area contributed by atoms with Crippen molar-refractivity contribution < 1.29 is 4.74 Å². The van der Waals surface area contributed by atoms with Crippen molar-refractivity contribution in [2.75, 3.05) is 12.3 Å². The average Bonchev–Trinajstić information content (AvgIpc) is 2.30. The summed E-state index contributed by atoms with van der Waals surface area (Å²) in [5.41, 5.74) is 5.57. The molecule has 1 aromatic rings. The van der Waals surface area contributed by atoms with Gasteiger partial charge in [-0.3, -0.25) is 4.57 Å². The zero-order valence-corrected chi connectivity index (χ0v) is 7.74.